The Labute approximate surface area is 215 Å². The van der Waals surface area contributed by atoms with Crippen LogP contribution in [0.4, 0.5) is 4.79 Å². The van der Waals surface area contributed by atoms with Gasteiger partial charge in [0.1, 0.15) is 6.61 Å². The fourth-order valence-corrected chi connectivity index (χ4v) is 5.91. The second-order valence-corrected chi connectivity index (χ2v) is 10.6. The molecular weight excluding hydrogens is 470 g/mol. The van der Waals surface area contributed by atoms with Crippen LogP contribution in [0.2, 0.25) is 0 Å². The number of amides is 3. The summed E-state index contributed by atoms with van der Waals surface area (Å²) in [7, 11) is 0. The number of aromatic nitrogens is 2. The molecule has 1 spiro atoms. The van der Waals surface area contributed by atoms with E-state index in [-0.39, 0.29) is 29.4 Å². The van der Waals surface area contributed by atoms with Gasteiger partial charge >= 0.3 is 6.09 Å². The minimum absolute atomic E-state index is 0.0214. The molecule has 6 rings (SSSR count). The largest absolute Gasteiger partial charge is 0.448 e. The van der Waals surface area contributed by atoms with Crippen LogP contribution >= 0.6 is 0 Å². The molecule has 2 N–H and O–H groups in total. The quantitative estimate of drug-likeness (QED) is 0.537. The zero-order chi connectivity index (χ0) is 25.4. The number of fused-ring (bicyclic) bond motifs is 1. The lowest BCUT2D eigenvalue weighted by Crippen LogP contribution is -2.60. The maximum atomic E-state index is 13.2. The first-order valence-electron chi connectivity index (χ1n) is 13.0. The number of rotatable bonds is 6. The smallest absolute Gasteiger partial charge is 0.409 e. The molecule has 0 unspecified atom stereocenters. The summed E-state index contributed by atoms with van der Waals surface area (Å²) in [5.41, 5.74) is 3.69. The Morgan fingerprint density at radius 1 is 1.08 bits per heavy atom. The zero-order valence-corrected chi connectivity index (χ0v) is 20.7. The van der Waals surface area contributed by atoms with Crippen molar-refractivity contribution in [2.24, 2.45) is 5.41 Å². The number of carbonyl (C=O) groups is 3. The molecule has 2 aliphatic heterocycles. The van der Waals surface area contributed by atoms with Crippen molar-refractivity contribution >= 4 is 28.8 Å². The van der Waals surface area contributed by atoms with E-state index in [4.69, 9.17) is 4.74 Å². The minimum Gasteiger partial charge on any atom is -0.448 e. The molecular formula is C28H31N5O4. The van der Waals surface area contributed by atoms with Crippen LogP contribution in [0.15, 0.2) is 48.5 Å². The Bertz CT molecular complexity index is 1320. The van der Waals surface area contributed by atoms with E-state index in [9.17, 15) is 14.4 Å². The van der Waals surface area contributed by atoms with Crippen molar-refractivity contribution in [2.45, 2.75) is 38.1 Å². The van der Waals surface area contributed by atoms with Gasteiger partial charge < -0.3 is 19.9 Å². The lowest BCUT2D eigenvalue weighted by Gasteiger charge is -2.53. The number of likely N-dealkylation sites (tertiary alicyclic amines) is 1. The molecule has 9 heteroatoms. The second-order valence-electron chi connectivity index (χ2n) is 10.6. The Hall–Kier alpha value is -3.88. The number of cyclic esters (lactones) is 1. The normalized spacial score (nSPS) is 19.2. The molecule has 2 saturated heterocycles. The first-order chi connectivity index (χ1) is 18.0. The molecule has 0 radical (unpaired) electrons. The van der Waals surface area contributed by atoms with E-state index in [1.54, 1.807) is 4.90 Å². The predicted octanol–water partition coefficient (Wildman–Crippen LogP) is 3.57. The number of benzene rings is 2. The van der Waals surface area contributed by atoms with Gasteiger partial charge in [-0.05, 0) is 48.9 Å². The van der Waals surface area contributed by atoms with Crippen molar-refractivity contribution in [1.82, 2.24) is 25.3 Å². The molecule has 1 aromatic heterocycles. The molecule has 9 nitrogen and oxygen atoms in total. The van der Waals surface area contributed by atoms with E-state index in [0.29, 0.717) is 31.8 Å². The monoisotopic (exact) mass is 501 g/mol. The first-order valence-corrected chi connectivity index (χ1v) is 13.0. The highest BCUT2D eigenvalue weighted by atomic mass is 16.6. The molecule has 1 aliphatic carbocycles. The Morgan fingerprint density at radius 2 is 1.86 bits per heavy atom. The van der Waals surface area contributed by atoms with Crippen LogP contribution in [-0.2, 0) is 9.53 Å². The van der Waals surface area contributed by atoms with Gasteiger partial charge in [-0.25, -0.2) is 4.79 Å². The van der Waals surface area contributed by atoms with E-state index in [1.807, 2.05) is 41.3 Å². The highest BCUT2D eigenvalue weighted by molar-refractivity contribution is 6.05. The van der Waals surface area contributed by atoms with Crippen LogP contribution in [0.3, 0.4) is 0 Å². The van der Waals surface area contributed by atoms with Gasteiger partial charge in [0.2, 0.25) is 5.91 Å². The van der Waals surface area contributed by atoms with Crippen molar-refractivity contribution in [3.63, 3.8) is 0 Å². The average Bonchev–Trinajstić information content (AvgIpc) is 3.52. The van der Waals surface area contributed by atoms with Crippen LogP contribution in [0.25, 0.3) is 22.0 Å². The summed E-state index contributed by atoms with van der Waals surface area (Å²) in [6, 6.07) is 16.4. The van der Waals surface area contributed by atoms with Crippen LogP contribution < -0.4 is 5.32 Å². The van der Waals surface area contributed by atoms with Gasteiger partial charge in [0.15, 0.2) is 5.69 Å². The third kappa shape index (κ3) is 4.65. The van der Waals surface area contributed by atoms with Crippen molar-refractivity contribution in [3.05, 3.63) is 54.2 Å². The van der Waals surface area contributed by atoms with E-state index >= 15 is 0 Å². The van der Waals surface area contributed by atoms with Gasteiger partial charge in [-0.2, -0.15) is 5.10 Å². The Balaban J connectivity index is 1.00. The van der Waals surface area contributed by atoms with E-state index < -0.39 is 0 Å². The van der Waals surface area contributed by atoms with Crippen LogP contribution in [-0.4, -0.2) is 76.7 Å². The van der Waals surface area contributed by atoms with Crippen LogP contribution in [0, 0.1) is 5.41 Å². The number of H-pyrrole nitrogens is 1. The highest BCUT2D eigenvalue weighted by Gasteiger charge is 2.47. The molecule has 0 bridgehead atoms. The Morgan fingerprint density at radius 3 is 2.59 bits per heavy atom. The Kier molecular flexibility index (Phi) is 6.06. The van der Waals surface area contributed by atoms with Gasteiger partial charge in [-0.3, -0.25) is 14.7 Å². The summed E-state index contributed by atoms with van der Waals surface area (Å²) in [5.74, 6) is -0.0490. The maximum Gasteiger partial charge on any atom is 0.409 e. The van der Waals surface area contributed by atoms with E-state index in [2.05, 4.69) is 27.6 Å². The summed E-state index contributed by atoms with van der Waals surface area (Å²) in [5, 5.41) is 11.4. The summed E-state index contributed by atoms with van der Waals surface area (Å²) in [4.78, 5) is 40.6. The molecule has 3 fully saturated rings. The molecule has 2 aromatic carbocycles. The number of hydrogen-bond donors (Lipinski definition) is 2. The predicted molar refractivity (Wildman–Crippen MR) is 138 cm³/mol. The zero-order valence-electron chi connectivity index (χ0n) is 20.7. The lowest BCUT2D eigenvalue weighted by molar-refractivity contribution is -0.122. The van der Waals surface area contributed by atoms with Crippen molar-refractivity contribution in [1.29, 1.82) is 0 Å². The average molecular weight is 502 g/mol. The van der Waals surface area contributed by atoms with Gasteiger partial charge in [-0.1, -0.05) is 36.4 Å². The number of aromatic amines is 1. The number of ether oxygens (including phenoxy) is 1. The highest BCUT2D eigenvalue weighted by Crippen LogP contribution is 2.44. The molecule has 3 aromatic rings. The fraction of sp³-hybridized carbons (Fsp3) is 0.429. The number of carbonyl (C=O) groups excluding carboxylic acids is 3. The maximum absolute atomic E-state index is 13.2. The number of nitrogens with zero attached hydrogens (tertiary/aromatic N) is 3. The first kappa shape index (κ1) is 23.5. The lowest BCUT2D eigenvalue weighted by atomic mass is 9.67. The van der Waals surface area contributed by atoms with Gasteiger partial charge in [0.25, 0.3) is 5.91 Å². The molecule has 3 heterocycles. The van der Waals surface area contributed by atoms with Crippen LogP contribution in [0.5, 0.6) is 0 Å². The third-order valence-corrected chi connectivity index (χ3v) is 8.08. The van der Waals surface area contributed by atoms with Crippen molar-refractivity contribution in [2.75, 3.05) is 32.8 Å². The SMILES string of the molecule is O=C(CCN1CCOC1=O)NC1CCC2(CC1)CN(C(=O)c1n[nH]c3cc(-c4ccccc4)ccc13)C2. The summed E-state index contributed by atoms with van der Waals surface area (Å²) >= 11 is 0. The summed E-state index contributed by atoms with van der Waals surface area (Å²) in [6.45, 7) is 2.82. The van der Waals surface area contributed by atoms with Gasteiger partial charge in [0.05, 0.1) is 12.1 Å². The molecule has 192 valence electrons. The van der Waals surface area contributed by atoms with E-state index in [0.717, 1.165) is 60.8 Å². The summed E-state index contributed by atoms with van der Waals surface area (Å²) < 4.78 is 4.90. The molecule has 3 aliphatic rings. The standard InChI is InChI=1S/C28H31N5O4/c34-24(10-13-32-14-15-37-27(32)36)29-21-8-11-28(12-9-21)17-33(18-28)26(35)25-22-7-6-20(16-23(22)30-31-25)19-4-2-1-3-5-19/h1-7,16,21H,8-15,17-18H2,(H,29,34)(H,30,31). The number of nitrogens with one attached hydrogen (secondary N) is 2. The third-order valence-electron chi connectivity index (χ3n) is 8.08. The summed E-state index contributed by atoms with van der Waals surface area (Å²) in [6.07, 6.45) is 3.75. The van der Waals surface area contributed by atoms with Gasteiger partial charge in [0, 0.05) is 42.9 Å². The van der Waals surface area contributed by atoms with Crippen molar-refractivity contribution in [3.8, 4) is 11.1 Å². The molecule has 0 atom stereocenters. The van der Waals surface area contributed by atoms with Crippen LogP contribution in [0.1, 0.15) is 42.6 Å². The fourth-order valence-electron chi connectivity index (χ4n) is 5.91. The number of hydrogen-bond acceptors (Lipinski definition) is 5. The molecule has 37 heavy (non-hydrogen) atoms. The second kappa shape index (κ2) is 9.53. The topological polar surface area (TPSA) is 108 Å². The molecule has 1 saturated carbocycles. The van der Waals surface area contributed by atoms with Crippen molar-refractivity contribution < 1.29 is 19.1 Å². The minimum atomic E-state index is -0.337. The van der Waals surface area contributed by atoms with E-state index in [1.165, 1.54) is 0 Å². The van der Waals surface area contributed by atoms with Gasteiger partial charge in [-0.15, -0.1) is 0 Å². The molecule has 3 amide bonds.